The molecule has 0 radical (unpaired) electrons. The minimum atomic E-state index is -0.103. The molecule has 1 amide bonds. The van der Waals surface area contributed by atoms with Crippen LogP contribution in [0.4, 0.5) is 5.69 Å². The molecule has 0 saturated carbocycles. The third kappa shape index (κ3) is 3.13. The second-order valence-corrected chi connectivity index (χ2v) is 7.01. The summed E-state index contributed by atoms with van der Waals surface area (Å²) in [5.74, 6) is -0.103. The van der Waals surface area contributed by atoms with Crippen LogP contribution in [0.5, 0.6) is 0 Å². The molecule has 2 N–H and O–H groups in total. The van der Waals surface area contributed by atoms with E-state index in [1.54, 1.807) is 22.8 Å². The van der Waals surface area contributed by atoms with E-state index in [0.717, 1.165) is 33.3 Å². The zero-order valence-corrected chi connectivity index (χ0v) is 16.1. The van der Waals surface area contributed by atoms with Crippen molar-refractivity contribution in [2.75, 3.05) is 25.5 Å². The number of nitrogens with zero attached hydrogens (tertiary/aromatic N) is 4. The van der Waals surface area contributed by atoms with E-state index in [4.69, 9.17) is 5.26 Å². The van der Waals surface area contributed by atoms with Crippen molar-refractivity contribution in [3.8, 4) is 17.2 Å². The summed E-state index contributed by atoms with van der Waals surface area (Å²) in [7, 11) is 1.79. The summed E-state index contributed by atoms with van der Waals surface area (Å²) < 4.78 is 1.77. The average molecular weight is 387 g/mol. The van der Waals surface area contributed by atoms with Crippen LogP contribution in [0.15, 0.2) is 48.7 Å². The van der Waals surface area contributed by atoms with E-state index in [0.29, 0.717) is 24.2 Å². The predicted octanol–water partition coefficient (Wildman–Crippen LogP) is 2.77. The van der Waals surface area contributed by atoms with E-state index in [1.807, 2.05) is 36.4 Å². The molecule has 0 spiro atoms. The predicted molar refractivity (Wildman–Crippen MR) is 111 cm³/mol. The second kappa shape index (κ2) is 7.41. The third-order valence-electron chi connectivity index (χ3n) is 5.24. The van der Waals surface area contributed by atoms with Crippen molar-refractivity contribution in [1.82, 2.24) is 14.7 Å². The molecule has 1 aromatic heterocycles. The molecule has 1 aliphatic heterocycles. The summed E-state index contributed by atoms with van der Waals surface area (Å²) in [4.78, 5) is 14.7. The fourth-order valence-corrected chi connectivity index (χ4v) is 3.86. The van der Waals surface area contributed by atoms with Crippen LogP contribution in [0.3, 0.4) is 0 Å². The molecule has 0 fully saturated rings. The minimum Gasteiger partial charge on any atom is -0.394 e. The Morgan fingerprint density at radius 1 is 1.38 bits per heavy atom. The number of aromatic nitrogens is 2. The highest BCUT2D eigenvalue weighted by atomic mass is 16.3. The van der Waals surface area contributed by atoms with Gasteiger partial charge in [-0.25, -0.2) is 0 Å². The monoisotopic (exact) mass is 387 g/mol. The largest absolute Gasteiger partial charge is 0.394 e. The van der Waals surface area contributed by atoms with Gasteiger partial charge in [0.1, 0.15) is 0 Å². The summed E-state index contributed by atoms with van der Waals surface area (Å²) >= 11 is 0. The molecule has 0 aliphatic carbocycles. The zero-order valence-electron chi connectivity index (χ0n) is 16.1. The van der Waals surface area contributed by atoms with Gasteiger partial charge in [-0.3, -0.25) is 9.48 Å². The van der Waals surface area contributed by atoms with Gasteiger partial charge < -0.3 is 15.3 Å². The Hall–Kier alpha value is -3.63. The van der Waals surface area contributed by atoms with Gasteiger partial charge in [-0.05, 0) is 28.8 Å². The van der Waals surface area contributed by atoms with E-state index >= 15 is 0 Å². The number of nitriles is 1. The summed E-state index contributed by atoms with van der Waals surface area (Å²) in [6.07, 6.45) is 1.78. The molecule has 146 valence electrons. The van der Waals surface area contributed by atoms with E-state index in [9.17, 15) is 9.90 Å². The molecule has 1 aliphatic rings. The number of hydrogen-bond acceptors (Lipinski definition) is 5. The van der Waals surface area contributed by atoms with Crippen molar-refractivity contribution in [3.63, 3.8) is 0 Å². The zero-order chi connectivity index (χ0) is 20.5. The van der Waals surface area contributed by atoms with Crippen molar-refractivity contribution in [2.24, 2.45) is 0 Å². The van der Waals surface area contributed by atoms with Gasteiger partial charge >= 0.3 is 0 Å². The van der Waals surface area contributed by atoms with E-state index in [2.05, 4.69) is 17.0 Å². The van der Waals surface area contributed by atoms with E-state index in [-0.39, 0.29) is 19.1 Å². The molecule has 3 aromatic rings. The molecular weight excluding hydrogens is 366 g/mol. The maximum absolute atomic E-state index is 13.0. The van der Waals surface area contributed by atoms with Gasteiger partial charge in [-0.2, -0.15) is 10.4 Å². The van der Waals surface area contributed by atoms with Gasteiger partial charge in [-0.15, -0.1) is 0 Å². The van der Waals surface area contributed by atoms with Crippen LogP contribution in [0.2, 0.25) is 0 Å². The van der Waals surface area contributed by atoms with Crippen molar-refractivity contribution < 1.29 is 9.90 Å². The first-order valence-corrected chi connectivity index (χ1v) is 9.35. The Bertz CT molecular complexity index is 1170. The maximum atomic E-state index is 13.0. The van der Waals surface area contributed by atoms with Crippen LogP contribution in [0.25, 0.3) is 22.0 Å². The van der Waals surface area contributed by atoms with Crippen molar-refractivity contribution in [3.05, 3.63) is 59.8 Å². The number of anilines is 1. The maximum Gasteiger partial charge on any atom is 0.256 e. The first kappa shape index (κ1) is 18.7. The van der Waals surface area contributed by atoms with Crippen molar-refractivity contribution in [2.45, 2.75) is 13.1 Å². The average Bonchev–Trinajstić information content (AvgIpc) is 3.28. The first-order valence-electron chi connectivity index (χ1n) is 9.35. The van der Waals surface area contributed by atoms with Gasteiger partial charge in [0.15, 0.2) is 0 Å². The quantitative estimate of drug-likeness (QED) is 0.634. The molecule has 0 saturated heterocycles. The van der Waals surface area contributed by atoms with Crippen LogP contribution in [0.1, 0.15) is 15.9 Å². The normalized spacial score (nSPS) is 12.9. The molecule has 0 bridgehead atoms. The highest BCUT2D eigenvalue weighted by Gasteiger charge is 2.32. The molecular formula is C22H21N5O2. The Morgan fingerprint density at radius 2 is 2.21 bits per heavy atom. The molecule has 0 atom stereocenters. The molecule has 7 heteroatoms. The number of benzene rings is 2. The number of hydrogen-bond donors (Lipinski definition) is 2. The highest BCUT2D eigenvalue weighted by molar-refractivity contribution is 6.06. The van der Waals surface area contributed by atoms with E-state index < -0.39 is 0 Å². The fourth-order valence-electron chi connectivity index (χ4n) is 3.86. The number of fused-ring (bicyclic) bond motifs is 2. The third-order valence-corrected chi connectivity index (χ3v) is 5.24. The molecule has 4 rings (SSSR count). The van der Waals surface area contributed by atoms with Crippen LogP contribution >= 0.6 is 0 Å². The summed E-state index contributed by atoms with van der Waals surface area (Å²) in [5, 5.41) is 26.8. The molecule has 29 heavy (non-hydrogen) atoms. The lowest BCUT2D eigenvalue weighted by Crippen LogP contribution is -2.26. The van der Waals surface area contributed by atoms with Crippen LogP contribution in [-0.4, -0.2) is 45.9 Å². The second-order valence-electron chi connectivity index (χ2n) is 7.01. The summed E-state index contributed by atoms with van der Waals surface area (Å²) in [5.41, 5.74) is 5.57. The van der Waals surface area contributed by atoms with Crippen LogP contribution in [0, 0.1) is 11.3 Å². The lowest BCUT2D eigenvalue weighted by molar-refractivity contribution is 0.0794. The Kier molecular flexibility index (Phi) is 4.79. The van der Waals surface area contributed by atoms with Crippen LogP contribution < -0.4 is 5.32 Å². The van der Waals surface area contributed by atoms with Crippen molar-refractivity contribution >= 4 is 22.5 Å². The standard InChI is InChI=1S/C22H21N5O2/c1-14(10-23)12-26-13-18-17(5-6-19(24-2)21(18)22(26)29)15-3-4-16-11-25-27(7-8-28)20(16)9-15/h3-6,9,11,24,28H,1,7-8,12-13H2,2H3. The number of aliphatic hydroxyl groups excluding tert-OH is 1. The van der Waals surface area contributed by atoms with Gasteiger partial charge in [0.05, 0.1) is 43.0 Å². The lowest BCUT2D eigenvalue weighted by Gasteiger charge is -2.14. The topological polar surface area (TPSA) is 94.2 Å². The Balaban J connectivity index is 1.82. The van der Waals surface area contributed by atoms with Crippen molar-refractivity contribution in [1.29, 1.82) is 5.26 Å². The van der Waals surface area contributed by atoms with Gasteiger partial charge in [0.25, 0.3) is 5.91 Å². The summed E-state index contributed by atoms with van der Waals surface area (Å²) in [6.45, 7) is 4.79. The Labute approximate surface area is 168 Å². The first-order chi connectivity index (χ1) is 14.1. The number of amides is 1. The Morgan fingerprint density at radius 3 is 2.93 bits per heavy atom. The molecule has 2 heterocycles. The SMILES string of the molecule is C=C(C#N)CN1Cc2c(-c3ccc4cnn(CCO)c4c3)ccc(NC)c2C1=O. The number of carbonyl (C=O) groups excluding carboxylic acids is 1. The summed E-state index contributed by atoms with van der Waals surface area (Å²) in [6, 6.07) is 12.0. The molecule has 0 unspecified atom stereocenters. The highest BCUT2D eigenvalue weighted by Crippen LogP contribution is 2.38. The number of aliphatic hydroxyl groups is 1. The lowest BCUT2D eigenvalue weighted by atomic mass is 9.95. The van der Waals surface area contributed by atoms with E-state index in [1.165, 1.54) is 0 Å². The fraction of sp³-hybridized carbons (Fsp3) is 0.227. The van der Waals surface area contributed by atoms with Crippen LogP contribution in [-0.2, 0) is 13.1 Å². The van der Waals surface area contributed by atoms with Gasteiger partial charge in [0.2, 0.25) is 0 Å². The minimum absolute atomic E-state index is 0.0134. The number of carbonyl (C=O) groups is 1. The number of rotatable bonds is 6. The molecule has 2 aromatic carbocycles. The smallest absolute Gasteiger partial charge is 0.256 e. The van der Waals surface area contributed by atoms with Gasteiger partial charge in [-0.1, -0.05) is 24.8 Å². The van der Waals surface area contributed by atoms with Gasteiger partial charge in [0, 0.05) is 30.2 Å². The number of nitrogens with one attached hydrogen (secondary N) is 1. The molecule has 7 nitrogen and oxygen atoms in total.